The van der Waals surface area contributed by atoms with Crippen molar-refractivity contribution in [3.05, 3.63) is 65.2 Å². The second kappa shape index (κ2) is 8.34. The molecular weight excluding hydrogens is 290 g/mol. The van der Waals surface area contributed by atoms with E-state index in [1.807, 2.05) is 38.4 Å². The highest BCUT2D eigenvalue weighted by molar-refractivity contribution is 5.87. The maximum atomic E-state index is 10.8. The van der Waals surface area contributed by atoms with Gasteiger partial charge in [-0.05, 0) is 62.3 Å². The number of likely N-dealkylation sites (N-methyl/N-ethyl adjacent to an activating group) is 1. The van der Waals surface area contributed by atoms with Crippen molar-refractivity contribution in [1.82, 2.24) is 4.90 Å². The molecule has 2 aromatic rings. The van der Waals surface area contributed by atoms with Crippen molar-refractivity contribution in [2.24, 2.45) is 0 Å². The smallest absolute Gasteiger partial charge is 0.335 e. The van der Waals surface area contributed by atoms with Gasteiger partial charge in [0, 0.05) is 6.54 Å². The molecule has 0 aliphatic heterocycles. The van der Waals surface area contributed by atoms with Crippen LogP contribution in [0.4, 0.5) is 0 Å². The Labute approximate surface area is 137 Å². The highest BCUT2D eigenvalue weighted by Gasteiger charge is 2.02. The molecular formula is C19H23NO3. The van der Waals surface area contributed by atoms with Gasteiger partial charge in [-0.1, -0.05) is 24.3 Å². The average molecular weight is 313 g/mol. The van der Waals surface area contributed by atoms with E-state index in [-0.39, 0.29) is 0 Å². The number of nitrogens with zero attached hydrogens (tertiary/aromatic N) is 1. The van der Waals surface area contributed by atoms with Crippen molar-refractivity contribution in [3.8, 4) is 5.75 Å². The summed E-state index contributed by atoms with van der Waals surface area (Å²) in [6.45, 7) is 1.58. The van der Waals surface area contributed by atoms with Gasteiger partial charge >= 0.3 is 5.97 Å². The van der Waals surface area contributed by atoms with Crippen molar-refractivity contribution in [2.75, 3.05) is 27.2 Å². The van der Waals surface area contributed by atoms with Crippen LogP contribution in [0.1, 0.15) is 21.5 Å². The molecule has 0 saturated carbocycles. The largest absolute Gasteiger partial charge is 0.492 e. The van der Waals surface area contributed by atoms with Crippen LogP contribution in [0.2, 0.25) is 0 Å². The fourth-order valence-electron chi connectivity index (χ4n) is 2.20. The lowest BCUT2D eigenvalue weighted by Crippen LogP contribution is -2.19. The van der Waals surface area contributed by atoms with Crippen LogP contribution in [-0.4, -0.2) is 43.2 Å². The Bertz CT molecular complexity index is 618. The lowest BCUT2D eigenvalue weighted by molar-refractivity contribution is 0.0697. The van der Waals surface area contributed by atoms with Gasteiger partial charge in [0.2, 0.25) is 0 Å². The van der Waals surface area contributed by atoms with Crippen LogP contribution in [0.15, 0.2) is 48.5 Å². The Morgan fingerprint density at radius 2 is 1.48 bits per heavy atom. The molecule has 0 saturated heterocycles. The Kier molecular flexibility index (Phi) is 6.18. The van der Waals surface area contributed by atoms with Gasteiger partial charge in [0.1, 0.15) is 12.4 Å². The molecule has 0 amide bonds. The third-order valence-corrected chi connectivity index (χ3v) is 3.63. The van der Waals surface area contributed by atoms with E-state index in [2.05, 4.69) is 17.0 Å². The van der Waals surface area contributed by atoms with Gasteiger partial charge in [-0.15, -0.1) is 0 Å². The first kappa shape index (κ1) is 17.0. The first-order valence-electron chi connectivity index (χ1n) is 7.73. The molecule has 4 heteroatoms. The summed E-state index contributed by atoms with van der Waals surface area (Å²) in [4.78, 5) is 12.9. The lowest BCUT2D eigenvalue weighted by atomic mass is 10.0. The molecule has 1 N–H and O–H groups in total. The van der Waals surface area contributed by atoms with Crippen molar-refractivity contribution < 1.29 is 14.6 Å². The number of aryl methyl sites for hydroxylation is 2. The van der Waals surface area contributed by atoms with Crippen molar-refractivity contribution in [3.63, 3.8) is 0 Å². The van der Waals surface area contributed by atoms with Gasteiger partial charge in [0.15, 0.2) is 0 Å². The molecule has 0 unspecified atom stereocenters. The first-order chi connectivity index (χ1) is 11.0. The summed E-state index contributed by atoms with van der Waals surface area (Å²) in [6, 6.07) is 15.2. The van der Waals surface area contributed by atoms with E-state index in [4.69, 9.17) is 9.84 Å². The van der Waals surface area contributed by atoms with E-state index in [9.17, 15) is 4.79 Å². The summed E-state index contributed by atoms with van der Waals surface area (Å²) in [5.74, 6) is 0.00261. The topological polar surface area (TPSA) is 49.8 Å². The lowest BCUT2D eigenvalue weighted by Gasteiger charge is -2.11. The minimum absolute atomic E-state index is 0.327. The van der Waals surface area contributed by atoms with E-state index in [1.54, 1.807) is 12.1 Å². The fraction of sp³-hybridized carbons (Fsp3) is 0.316. The van der Waals surface area contributed by atoms with Gasteiger partial charge < -0.3 is 14.7 Å². The number of rotatable bonds is 8. The van der Waals surface area contributed by atoms with Gasteiger partial charge in [-0.25, -0.2) is 4.79 Å². The Hall–Kier alpha value is -2.33. The third-order valence-electron chi connectivity index (χ3n) is 3.63. The molecule has 23 heavy (non-hydrogen) atoms. The van der Waals surface area contributed by atoms with E-state index < -0.39 is 5.97 Å². The van der Waals surface area contributed by atoms with Crippen LogP contribution in [0.5, 0.6) is 5.75 Å². The number of benzene rings is 2. The molecule has 0 aliphatic carbocycles. The molecule has 0 bridgehead atoms. The van der Waals surface area contributed by atoms with Crippen molar-refractivity contribution in [2.45, 2.75) is 12.8 Å². The number of hydrogen-bond acceptors (Lipinski definition) is 3. The molecule has 0 aliphatic rings. The minimum Gasteiger partial charge on any atom is -0.492 e. The average Bonchev–Trinajstić information content (AvgIpc) is 2.54. The number of carbonyl (C=O) groups is 1. The van der Waals surface area contributed by atoms with Gasteiger partial charge in [0.05, 0.1) is 5.56 Å². The Morgan fingerprint density at radius 3 is 1.96 bits per heavy atom. The van der Waals surface area contributed by atoms with Crippen LogP contribution in [0.25, 0.3) is 0 Å². The standard InChI is InChI=1S/C19H23NO3/c1-20(2)13-14-23-18-11-7-16(8-12-18)4-3-15-5-9-17(10-6-15)19(21)22/h5-12H,3-4,13-14H2,1-2H3,(H,21,22). The third kappa shape index (κ3) is 5.75. The Morgan fingerprint density at radius 1 is 0.957 bits per heavy atom. The molecule has 0 heterocycles. The normalized spacial score (nSPS) is 10.7. The van der Waals surface area contributed by atoms with E-state index in [0.29, 0.717) is 12.2 Å². The summed E-state index contributed by atoms with van der Waals surface area (Å²) in [7, 11) is 4.05. The highest BCUT2D eigenvalue weighted by Crippen LogP contribution is 2.14. The molecule has 2 aromatic carbocycles. The number of carboxylic acid groups (broad SMARTS) is 1. The minimum atomic E-state index is -0.888. The summed E-state index contributed by atoms with van der Waals surface area (Å²) in [5.41, 5.74) is 2.71. The molecule has 0 aromatic heterocycles. The van der Waals surface area contributed by atoms with Crippen LogP contribution >= 0.6 is 0 Å². The van der Waals surface area contributed by atoms with Gasteiger partial charge in [-0.2, -0.15) is 0 Å². The molecule has 0 spiro atoms. The SMILES string of the molecule is CN(C)CCOc1ccc(CCc2ccc(C(=O)O)cc2)cc1. The van der Waals surface area contributed by atoms with Gasteiger partial charge in [0.25, 0.3) is 0 Å². The predicted molar refractivity (Wildman–Crippen MR) is 91.3 cm³/mol. The van der Waals surface area contributed by atoms with Crippen LogP contribution < -0.4 is 4.74 Å². The molecule has 0 atom stereocenters. The molecule has 2 rings (SSSR count). The maximum Gasteiger partial charge on any atom is 0.335 e. The van der Waals surface area contributed by atoms with E-state index in [0.717, 1.165) is 30.7 Å². The molecule has 0 fully saturated rings. The predicted octanol–water partition coefficient (Wildman–Crippen LogP) is 3.11. The van der Waals surface area contributed by atoms with Crippen molar-refractivity contribution >= 4 is 5.97 Å². The quantitative estimate of drug-likeness (QED) is 0.813. The number of hydrogen-bond donors (Lipinski definition) is 1. The number of ether oxygens (including phenoxy) is 1. The van der Waals surface area contributed by atoms with Crippen LogP contribution in [0.3, 0.4) is 0 Å². The zero-order valence-electron chi connectivity index (χ0n) is 13.7. The molecule has 122 valence electrons. The van der Waals surface area contributed by atoms with Crippen LogP contribution in [-0.2, 0) is 12.8 Å². The number of aromatic carboxylic acids is 1. The maximum absolute atomic E-state index is 10.8. The second-order valence-electron chi connectivity index (χ2n) is 5.80. The molecule has 4 nitrogen and oxygen atoms in total. The zero-order valence-corrected chi connectivity index (χ0v) is 13.7. The second-order valence-corrected chi connectivity index (χ2v) is 5.80. The van der Waals surface area contributed by atoms with E-state index in [1.165, 1.54) is 5.56 Å². The highest BCUT2D eigenvalue weighted by atomic mass is 16.5. The van der Waals surface area contributed by atoms with Crippen LogP contribution in [0, 0.1) is 0 Å². The van der Waals surface area contributed by atoms with E-state index >= 15 is 0 Å². The summed E-state index contributed by atoms with van der Waals surface area (Å²) >= 11 is 0. The zero-order chi connectivity index (χ0) is 16.7. The monoisotopic (exact) mass is 313 g/mol. The molecule has 0 radical (unpaired) electrons. The Balaban J connectivity index is 1.82. The summed E-state index contributed by atoms with van der Waals surface area (Å²) in [6.07, 6.45) is 1.81. The first-order valence-corrected chi connectivity index (χ1v) is 7.73. The van der Waals surface area contributed by atoms with Crippen molar-refractivity contribution in [1.29, 1.82) is 0 Å². The van der Waals surface area contributed by atoms with Gasteiger partial charge in [-0.3, -0.25) is 0 Å². The number of carboxylic acids is 1. The summed E-state index contributed by atoms with van der Waals surface area (Å²) < 4.78 is 5.67. The summed E-state index contributed by atoms with van der Waals surface area (Å²) in [5, 5.41) is 8.89. The fourth-order valence-corrected chi connectivity index (χ4v) is 2.20.